The number of rotatable bonds is 3. The van der Waals surface area contributed by atoms with Crippen molar-refractivity contribution in [3.63, 3.8) is 0 Å². The van der Waals surface area contributed by atoms with Gasteiger partial charge in [-0.1, -0.05) is 23.2 Å². The molecule has 0 spiro atoms. The number of phenolic OH excluding ortho intramolecular Hbond substituents is 1. The number of carbonyl (C=O) groups excluding carboxylic acids is 1. The Morgan fingerprint density at radius 3 is 2.67 bits per heavy atom. The van der Waals surface area contributed by atoms with Gasteiger partial charge in [-0.3, -0.25) is 4.79 Å². The summed E-state index contributed by atoms with van der Waals surface area (Å²) in [5, 5.41) is 10.1. The molecule has 0 saturated carbocycles. The van der Waals surface area contributed by atoms with Gasteiger partial charge in [-0.15, -0.1) is 0 Å². The van der Waals surface area contributed by atoms with E-state index < -0.39 is 5.97 Å². The third-order valence-electron chi connectivity index (χ3n) is 1.76. The molecule has 0 aliphatic carbocycles. The molecule has 0 aliphatic heterocycles. The van der Waals surface area contributed by atoms with E-state index in [-0.39, 0.29) is 17.2 Å². The second-order valence-corrected chi connectivity index (χ2v) is 3.71. The van der Waals surface area contributed by atoms with Crippen molar-refractivity contribution in [2.75, 3.05) is 6.61 Å². The third kappa shape index (κ3) is 3.29. The molecular weight excluding hydrogens is 239 g/mol. The lowest BCUT2D eigenvalue weighted by molar-refractivity contribution is -0.142. The van der Waals surface area contributed by atoms with Crippen molar-refractivity contribution in [2.24, 2.45) is 0 Å². The molecule has 0 unspecified atom stereocenters. The molecule has 0 heterocycles. The fourth-order valence-corrected chi connectivity index (χ4v) is 1.67. The van der Waals surface area contributed by atoms with Gasteiger partial charge in [-0.05, 0) is 19.1 Å². The Hall–Kier alpha value is -0.930. The first-order valence-corrected chi connectivity index (χ1v) is 5.12. The van der Waals surface area contributed by atoms with Gasteiger partial charge in [0.05, 0.1) is 13.0 Å². The number of benzene rings is 1. The van der Waals surface area contributed by atoms with Gasteiger partial charge < -0.3 is 9.84 Å². The number of halogens is 2. The van der Waals surface area contributed by atoms with E-state index in [1.165, 1.54) is 12.1 Å². The summed E-state index contributed by atoms with van der Waals surface area (Å²) >= 11 is 11.5. The van der Waals surface area contributed by atoms with Gasteiger partial charge in [-0.25, -0.2) is 0 Å². The first-order chi connectivity index (χ1) is 7.04. The standard InChI is InChI=1S/C10H10Cl2O3/c1-2-15-10(14)5-7-8(12)3-6(11)4-9(7)13/h3-4,13H,2,5H2,1H3. The molecular formula is C10H10Cl2O3. The fourth-order valence-electron chi connectivity index (χ4n) is 1.12. The zero-order valence-electron chi connectivity index (χ0n) is 8.09. The number of aromatic hydroxyl groups is 1. The van der Waals surface area contributed by atoms with Gasteiger partial charge in [0.2, 0.25) is 0 Å². The minimum atomic E-state index is -0.433. The van der Waals surface area contributed by atoms with Crippen LogP contribution >= 0.6 is 23.2 Å². The molecule has 1 aromatic carbocycles. The molecule has 0 aliphatic rings. The molecule has 0 saturated heterocycles. The van der Waals surface area contributed by atoms with E-state index in [0.29, 0.717) is 17.2 Å². The predicted octanol–water partition coefficient (Wildman–Crippen LogP) is 2.80. The summed E-state index contributed by atoms with van der Waals surface area (Å²) in [5.41, 5.74) is 0.333. The molecule has 1 N–H and O–H groups in total. The van der Waals surface area contributed by atoms with Crippen LogP contribution in [0.5, 0.6) is 5.75 Å². The van der Waals surface area contributed by atoms with E-state index in [0.717, 1.165) is 0 Å². The third-order valence-corrected chi connectivity index (χ3v) is 2.32. The van der Waals surface area contributed by atoms with Crippen LogP contribution in [0.1, 0.15) is 12.5 Å². The van der Waals surface area contributed by atoms with Crippen molar-refractivity contribution in [3.05, 3.63) is 27.7 Å². The number of phenols is 1. The van der Waals surface area contributed by atoms with Gasteiger partial charge >= 0.3 is 5.97 Å². The molecule has 5 heteroatoms. The van der Waals surface area contributed by atoms with Crippen molar-refractivity contribution < 1.29 is 14.6 Å². The monoisotopic (exact) mass is 248 g/mol. The molecule has 1 rings (SSSR count). The maximum absolute atomic E-state index is 11.2. The van der Waals surface area contributed by atoms with Gasteiger partial charge in [0.25, 0.3) is 0 Å². The Bertz CT molecular complexity index is 354. The molecule has 0 aromatic heterocycles. The lowest BCUT2D eigenvalue weighted by atomic mass is 10.1. The normalized spacial score (nSPS) is 10.1. The number of carbonyl (C=O) groups is 1. The van der Waals surface area contributed by atoms with Crippen molar-refractivity contribution in [1.29, 1.82) is 0 Å². The van der Waals surface area contributed by atoms with Gasteiger partial charge in [-0.2, -0.15) is 0 Å². The molecule has 82 valence electrons. The number of hydrogen-bond acceptors (Lipinski definition) is 3. The van der Waals surface area contributed by atoms with Gasteiger partial charge in [0.15, 0.2) is 0 Å². The second kappa shape index (κ2) is 5.24. The highest BCUT2D eigenvalue weighted by atomic mass is 35.5. The molecule has 0 bridgehead atoms. The van der Waals surface area contributed by atoms with Crippen molar-refractivity contribution in [2.45, 2.75) is 13.3 Å². The van der Waals surface area contributed by atoms with Crippen LogP contribution < -0.4 is 0 Å². The van der Waals surface area contributed by atoms with Crippen molar-refractivity contribution in [1.82, 2.24) is 0 Å². The molecule has 0 fully saturated rings. The van der Waals surface area contributed by atoms with Crippen LogP contribution in [-0.2, 0) is 16.0 Å². The predicted molar refractivity (Wildman–Crippen MR) is 58.5 cm³/mol. The Morgan fingerprint density at radius 2 is 2.13 bits per heavy atom. The summed E-state index contributed by atoms with van der Waals surface area (Å²) in [6.45, 7) is 2.01. The zero-order valence-corrected chi connectivity index (χ0v) is 9.60. The van der Waals surface area contributed by atoms with E-state index in [4.69, 9.17) is 27.9 Å². The van der Waals surface area contributed by atoms with Crippen LogP contribution in [0.25, 0.3) is 0 Å². The van der Waals surface area contributed by atoms with Crippen molar-refractivity contribution >= 4 is 29.2 Å². The quantitative estimate of drug-likeness (QED) is 0.838. The summed E-state index contributed by atoms with van der Waals surface area (Å²) in [6.07, 6.45) is -0.0598. The first kappa shape index (κ1) is 12.1. The van der Waals surface area contributed by atoms with E-state index in [1.54, 1.807) is 6.92 Å². The largest absolute Gasteiger partial charge is 0.508 e. The average Bonchev–Trinajstić information content (AvgIpc) is 2.11. The van der Waals surface area contributed by atoms with Crippen LogP contribution in [0.3, 0.4) is 0 Å². The Kier molecular flexibility index (Phi) is 4.24. The van der Waals surface area contributed by atoms with E-state index in [1.807, 2.05) is 0 Å². The Balaban J connectivity index is 2.90. The Labute approximate surface area is 97.6 Å². The van der Waals surface area contributed by atoms with Gasteiger partial charge in [0.1, 0.15) is 5.75 Å². The maximum Gasteiger partial charge on any atom is 0.310 e. The van der Waals surface area contributed by atoms with Crippen LogP contribution in [0.2, 0.25) is 10.0 Å². The highest BCUT2D eigenvalue weighted by Crippen LogP contribution is 2.30. The van der Waals surface area contributed by atoms with Crippen LogP contribution in [0, 0.1) is 0 Å². The average molecular weight is 249 g/mol. The van der Waals surface area contributed by atoms with E-state index >= 15 is 0 Å². The molecule has 0 radical (unpaired) electrons. The number of ether oxygens (including phenoxy) is 1. The lowest BCUT2D eigenvalue weighted by Crippen LogP contribution is -2.08. The Morgan fingerprint density at radius 1 is 1.47 bits per heavy atom. The SMILES string of the molecule is CCOC(=O)Cc1c(O)cc(Cl)cc1Cl. The highest BCUT2D eigenvalue weighted by molar-refractivity contribution is 6.35. The molecule has 0 amide bonds. The highest BCUT2D eigenvalue weighted by Gasteiger charge is 2.13. The minimum absolute atomic E-state index is 0.0598. The number of hydrogen-bond donors (Lipinski definition) is 1. The smallest absolute Gasteiger partial charge is 0.310 e. The molecule has 3 nitrogen and oxygen atoms in total. The number of esters is 1. The summed E-state index contributed by atoms with van der Waals surface area (Å²) in [7, 11) is 0. The second-order valence-electron chi connectivity index (χ2n) is 2.87. The van der Waals surface area contributed by atoms with Crippen molar-refractivity contribution in [3.8, 4) is 5.75 Å². The maximum atomic E-state index is 11.2. The summed E-state index contributed by atoms with van der Waals surface area (Å²) in [4.78, 5) is 11.2. The van der Waals surface area contributed by atoms with E-state index in [9.17, 15) is 9.90 Å². The molecule has 15 heavy (non-hydrogen) atoms. The lowest BCUT2D eigenvalue weighted by Gasteiger charge is -2.07. The first-order valence-electron chi connectivity index (χ1n) is 4.37. The zero-order chi connectivity index (χ0) is 11.4. The topological polar surface area (TPSA) is 46.5 Å². The summed E-state index contributed by atoms with van der Waals surface area (Å²) < 4.78 is 4.74. The summed E-state index contributed by atoms with van der Waals surface area (Å²) in [5.74, 6) is -0.530. The van der Waals surface area contributed by atoms with Crippen LogP contribution in [0.15, 0.2) is 12.1 Å². The van der Waals surface area contributed by atoms with Crippen LogP contribution in [-0.4, -0.2) is 17.7 Å². The fraction of sp³-hybridized carbons (Fsp3) is 0.300. The molecule has 1 aromatic rings. The van der Waals surface area contributed by atoms with Crippen LogP contribution in [0.4, 0.5) is 0 Å². The van der Waals surface area contributed by atoms with Gasteiger partial charge in [0, 0.05) is 15.6 Å². The molecule has 0 atom stereocenters. The van der Waals surface area contributed by atoms with E-state index in [2.05, 4.69) is 0 Å². The minimum Gasteiger partial charge on any atom is -0.508 e. The summed E-state index contributed by atoms with van der Waals surface area (Å²) in [6, 6.07) is 2.80.